The molecule has 0 amide bonds. The highest BCUT2D eigenvalue weighted by Crippen LogP contribution is 2.26. The van der Waals surface area contributed by atoms with Crippen molar-refractivity contribution in [1.82, 2.24) is 10.6 Å². The van der Waals surface area contributed by atoms with Crippen LogP contribution in [0.4, 0.5) is 11.4 Å². The lowest BCUT2D eigenvalue weighted by molar-refractivity contribution is 0.271. The maximum atomic E-state index is 11.5. The summed E-state index contributed by atoms with van der Waals surface area (Å²) >= 11 is 0. The summed E-state index contributed by atoms with van der Waals surface area (Å²) in [6, 6.07) is 13.5. The van der Waals surface area contributed by atoms with Gasteiger partial charge in [0.15, 0.2) is 0 Å². The number of benzene rings is 3. The molecule has 18 nitrogen and oxygen atoms in total. The van der Waals surface area contributed by atoms with Crippen molar-refractivity contribution in [1.29, 1.82) is 0 Å². The van der Waals surface area contributed by atoms with Gasteiger partial charge in [0.1, 0.15) is 67.3 Å². The maximum Gasteiger partial charge on any atom is 0.138 e. The van der Waals surface area contributed by atoms with E-state index in [9.17, 15) is 34.3 Å². The highest BCUT2D eigenvalue weighted by Gasteiger charge is 2.17. The van der Waals surface area contributed by atoms with Gasteiger partial charge in [0, 0.05) is 36.8 Å². The van der Waals surface area contributed by atoms with Crippen molar-refractivity contribution >= 4 is 11.4 Å². The molecule has 18 heteroatoms. The smallest absolute Gasteiger partial charge is 0.138 e. The lowest BCUT2D eigenvalue weighted by Gasteiger charge is -2.16. The molecule has 3 rings (SSSR count). The second kappa shape index (κ2) is 20.5. The number of rotatable bonds is 25. The zero-order chi connectivity index (χ0) is 34.6. The van der Waals surface area contributed by atoms with Crippen LogP contribution < -0.4 is 20.1 Å². The molecule has 3 aromatic carbocycles. The molecule has 3 unspecified atom stereocenters. The predicted molar refractivity (Wildman–Crippen MR) is 177 cm³/mol. The van der Waals surface area contributed by atoms with Crippen LogP contribution in [0.25, 0.3) is 0 Å². The predicted octanol–water partition coefficient (Wildman–Crippen LogP) is 5.97. The molecule has 0 heterocycles. The van der Waals surface area contributed by atoms with E-state index in [1.165, 1.54) is 24.3 Å². The molecule has 0 radical (unpaired) electrons. The minimum atomic E-state index is -0.877. The van der Waals surface area contributed by atoms with Crippen LogP contribution in [-0.4, -0.2) is 51.5 Å². The molecular weight excluding hydrogens is 630 g/mol. The number of nitrogens with one attached hydrogen (secondary N) is 2. The van der Waals surface area contributed by atoms with Crippen LogP contribution >= 0.6 is 0 Å². The van der Waals surface area contributed by atoms with E-state index in [1.54, 1.807) is 36.4 Å². The van der Waals surface area contributed by atoms with Gasteiger partial charge in [-0.2, -0.15) is 24.5 Å². The molecule has 0 aromatic heterocycles. The Morgan fingerprint density at radius 2 is 1.19 bits per heavy atom. The van der Waals surface area contributed by atoms with Gasteiger partial charge in [-0.15, -0.1) is 9.81 Å². The zero-order valence-electron chi connectivity index (χ0n) is 25.7. The number of nitrogens with zero attached hydrogens (tertiary/aromatic N) is 7. The third-order valence-corrected chi connectivity index (χ3v) is 7.10. The van der Waals surface area contributed by atoms with Gasteiger partial charge in [-0.05, 0) is 64.8 Å². The Hall–Kier alpha value is -5.62. The fourth-order valence-electron chi connectivity index (χ4n) is 4.57. The van der Waals surface area contributed by atoms with Gasteiger partial charge in [0.05, 0.1) is 0 Å². The molecule has 0 saturated heterocycles. The Morgan fingerprint density at radius 3 is 1.75 bits per heavy atom. The molecule has 2 N–H and O–H groups in total. The van der Waals surface area contributed by atoms with Crippen LogP contribution in [0.15, 0.2) is 96.9 Å². The summed E-state index contributed by atoms with van der Waals surface area (Å²) in [4.78, 5) is 77.3. The van der Waals surface area contributed by atoms with Gasteiger partial charge >= 0.3 is 0 Å². The van der Waals surface area contributed by atoms with E-state index in [-0.39, 0.29) is 62.9 Å². The molecule has 0 saturated carbocycles. The van der Waals surface area contributed by atoms with Crippen LogP contribution in [0, 0.1) is 34.3 Å². The Bertz CT molecular complexity index is 1560. The van der Waals surface area contributed by atoms with Crippen molar-refractivity contribution < 1.29 is 9.47 Å². The molecule has 0 fully saturated rings. The summed E-state index contributed by atoms with van der Waals surface area (Å²) < 4.78 is 11.4. The molecule has 0 aliphatic carbocycles. The van der Waals surface area contributed by atoms with Gasteiger partial charge in [0.2, 0.25) is 0 Å². The van der Waals surface area contributed by atoms with Crippen molar-refractivity contribution in [2.24, 2.45) is 36.2 Å². The third kappa shape index (κ3) is 11.6. The zero-order valence-corrected chi connectivity index (χ0v) is 25.7. The number of hydrogen-bond donors (Lipinski definition) is 2. The Balaban J connectivity index is 1.42. The monoisotopic (exact) mass is 663 g/mol. The van der Waals surface area contributed by atoms with Gasteiger partial charge < -0.3 is 20.1 Å². The number of hydrogen-bond acceptors (Lipinski definition) is 18. The van der Waals surface area contributed by atoms with E-state index in [0.29, 0.717) is 35.6 Å². The summed E-state index contributed by atoms with van der Waals surface area (Å²) in [5.74, 6) is 0.803. The minimum Gasteiger partial charge on any atom is -0.491 e. The average molecular weight is 664 g/mol. The van der Waals surface area contributed by atoms with E-state index >= 15 is 0 Å². The fourth-order valence-corrected chi connectivity index (χ4v) is 4.57. The fraction of sp³-hybridized carbons (Fsp3) is 0.400. The van der Waals surface area contributed by atoms with E-state index in [4.69, 9.17) is 9.47 Å². The lowest BCUT2D eigenvalue weighted by Crippen LogP contribution is -2.32. The van der Waals surface area contributed by atoms with Crippen LogP contribution in [-0.2, 0) is 19.5 Å². The average Bonchev–Trinajstić information content (AvgIpc) is 3.11. The van der Waals surface area contributed by atoms with Gasteiger partial charge in [0.25, 0.3) is 0 Å². The number of ether oxygens (including phenoxy) is 2. The first-order valence-electron chi connectivity index (χ1n) is 14.7. The minimum absolute atomic E-state index is 0.00921. The summed E-state index contributed by atoms with van der Waals surface area (Å²) in [6.07, 6.45) is 0.562. The maximum absolute atomic E-state index is 11.5. The topological polar surface area (TPSA) is 249 Å². The summed E-state index contributed by atoms with van der Waals surface area (Å²) in [5.41, 5.74) is 2.24. The van der Waals surface area contributed by atoms with Crippen LogP contribution in [0.2, 0.25) is 0 Å². The third-order valence-electron chi connectivity index (χ3n) is 7.10. The molecule has 252 valence electrons. The lowest BCUT2D eigenvalue weighted by atomic mass is 10.0. The van der Waals surface area contributed by atoms with Crippen LogP contribution in [0.3, 0.4) is 0 Å². The Labute approximate surface area is 273 Å². The van der Waals surface area contributed by atoms with Crippen molar-refractivity contribution in [2.75, 3.05) is 39.4 Å². The van der Waals surface area contributed by atoms with Crippen molar-refractivity contribution in [3.8, 4) is 11.5 Å². The van der Waals surface area contributed by atoms with E-state index in [2.05, 4.69) is 46.9 Å². The molecule has 3 aromatic rings. The molecule has 0 spiro atoms. The van der Waals surface area contributed by atoms with Crippen molar-refractivity contribution in [3.05, 3.63) is 117 Å². The normalized spacial score (nSPS) is 12.6. The standard InChI is InChI=1S/C30H33N9O9/c40-33-13-22-10-20(4-6-28(22)37-44)8-9-31-15-24(35-42)18-47-26-2-1-3-27(12-26)48-19-25(36-43)16-32-17-30(39-46)21-5-7-29(38-45)23(11-21)14-34-41/h1-7,10-12,24-25,30-32H,8-9,13-19H2. The first kappa shape index (κ1) is 36.8. The van der Waals surface area contributed by atoms with Gasteiger partial charge in [-0.1, -0.05) is 50.1 Å². The van der Waals surface area contributed by atoms with E-state index < -0.39 is 18.1 Å². The van der Waals surface area contributed by atoms with E-state index in [1.807, 2.05) is 0 Å². The van der Waals surface area contributed by atoms with Crippen molar-refractivity contribution in [2.45, 2.75) is 37.6 Å². The molecule has 3 atom stereocenters. The first-order valence-corrected chi connectivity index (χ1v) is 14.7. The highest BCUT2D eigenvalue weighted by molar-refractivity contribution is 5.49. The van der Waals surface area contributed by atoms with Crippen LogP contribution in [0.5, 0.6) is 11.5 Å². The van der Waals surface area contributed by atoms with Crippen LogP contribution in [0.1, 0.15) is 28.3 Å². The summed E-state index contributed by atoms with van der Waals surface area (Å²) in [6.45, 7) is 0.327. The molecular formula is C30H33N9O9. The SMILES string of the molecule is O=NCc1cc(CCNCC(COc2cccc(OCC(CNCC(N=O)c3ccc(N=O)c(CN=O)c3)N=O)c2)N=O)ccc1N=O. The highest BCUT2D eigenvalue weighted by atomic mass is 16.5. The van der Waals surface area contributed by atoms with Gasteiger partial charge in [-0.25, -0.2) is 0 Å². The number of nitroso groups, excluding NO2 is 7. The second-order valence-corrected chi connectivity index (χ2v) is 10.5. The summed E-state index contributed by atoms with van der Waals surface area (Å²) in [7, 11) is 0. The molecule has 48 heavy (non-hydrogen) atoms. The summed E-state index contributed by atoms with van der Waals surface area (Å²) in [5, 5.41) is 26.7. The molecule has 0 aliphatic heterocycles. The van der Waals surface area contributed by atoms with Gasteiger partial charge in [-0.3, -0.25) is 0 Å². The first-order chi connectivity index (χ1) is 23.5. The van der Waals surface area contributed by atoms with E-state index in [0.717, 1.165) is 5.56 Å². The largest absolute Gasteiger partial charge is 0.491 e. The Kier molecular flexibility index (Phi) is 15.7. The quantitative estimate of drug-likeness (QED) is 0.0788. The Morgan fingerprint density at radius 1 is 0.604 bits per heavy atom. The van der Waals surface area contributed by atoms with Crippen molar-refractivity contribution in [3.63, 3.8) is 0 Å². The molecule has 0 aliphatic rings. The molecule has 0 bridgehead atoms. The second-order valence-electron chi connectivity index (χ2n) is 10.5.